The van der Waals surface area contributed by atoms with Gasteiger partial charge in [-0.1, -0.05) is 12.1 Å². The second-order valence-electron chi connectivity index (χ2n) is 5.07. The monoisotopic (exact) mass is 341 g/mol. The first kappa shape index (κ1) is 16.6. The smallest absolute Gasteiger partial charge is 0.207 e. The van der Waals surface area contributed by atoms with Gasteiger partial charge in [-0.15, -0.1) is 11.6 Å². The molecule has 0 aliphatic heterocycles. The van der Waals surface area contributed by atoms with Gasteiger partial charge in [-0.05, 0) is 37.0 Å². The minimum absolute atomic E-state index is 0.100. The fourth-order valence-corrected chi connectivity index (χ4v) is 4.39. The van der Waals surface area contributed by atoms with Crippen LogP contribution in [0.1, 0.15) is 24.0 Å². The van der Waals surface area contributed by atoms with E-state index in [0.717, 1.165) is 0 Å². The Hall–Kier alpha value is -0.790. The van der Waals surface area contributed by atoms with Gasteiger partial charge < -0.3 is 0 Å². The molecule has 8 heteroatoms. The first-order valence-electron chi connectivity index (χ1n) is 6.40. The molecule has 1 aromatic rings. The zero-order valence-corrected chi connectivity index (χ0v) is 12.9. The van der Waals surface area contributed by atoms with Gasteiger partial charge in [0.05, 0.1) is 4.90 Å². The lowest BCUT2D eigenvalue weighted by Crippen LogP contribution is -2.40. The molecule has 0 radical (unpaired) electrons. The van der Waals surface area contributed by atoms with Crippen LogP contribution in [0.4, 0.5) is 13.2 Å². The highest BCUT2D eigenvalue weighted by Gasteiger charge is 2.45. The first-order valence-corrected chi connectivity index (χ1v) is 8.37. The van der Waals surface area contributed by atoms with Gasteiger partial charge in [0.25, 0.3) is 0 Å². The van der Waals surface area contributed by atoms with Crippen LogP contribution in [0.5, 0.6) is 0 Å². The van der Waals surface area contributed by atoms with E-state index in [2.05, 4.69) is 0 Å². The lowest BCUT2D eigenvalue weighted by Gasteiger charge is -2.24. The number of benzene rings is 1. The number of nitrogens with zero attached hydrogens (tertiary/aromatic N) is 1. The SMILES string of the molecule is Cc1c(CCl)cccc1S(=O)(=O)N(CC(F)(F)F)C1CC1. The van der Waals surface area contributed by atoms with Crippen molar-refractivity contribution in [3.8, 4) is 0 Å². The summed E-state index contributed by atoms with van der Waals surface area (Å²) in [5.74, 6) is 0.109. The third-order valence-electron chi connectivity index (χ3n) is 3.42. The number of hydrogen-bond donors (Lipinski definition) is 0. The highest BCUT2D eigenvalue weighted by atomic mass is 35.5. The van der Waals surface area contributed by atoms with E-state index in [-0.39, 0.29) is 10.8 Å². The topological polar surface area (TPSA) is 37.4 Å². The van der Waals surface area contributed by atoms with E-state index in [1.165, 1.54) is 12.1 Å². The van der Waals surface area contributed by atoms with Crippen LogP contribution in [0.2, 0.25) is 0 Å². The molecule has 0 bridgehead atoms. The number of sulfonamides is 1. The van der Waals surface area contributed by atoms with Gasteiger partial charge in [0, 0.05) is 11.9 Å². The van der Waals surface area contributed by atoms with Gasteiger partial charge in [-0.3, -0.25) is 0 Å². The molecular formula is C13H15ClF3NO2S. The maximum Gasteiger partial charge on any atom is 0.402 e. The molecule has 1 aromatic carbocycles. The second-order valence-corrected chi connectivity index (χ2v) is 7.20. The van der Waals surface area contributed by atoms with Crippen LogP contribution in [-0.4, -0.2) is 31.5 Å². The van der Waals surface area contributed by atoms with Crippen molar-refractivity contribution in [1.82, 2.24) is 4.31 Å². The Balaban J connectivity index is 2.44. The Morgan fingerprint density at radius 1 is 1.33 bits per heavy atom. The van der Waals surface area contributed by atoms with Crippen molar-refractivity contribution in [2.24, 2.45) is 0 Å². The van der Waals surface area contributed by atoms with Gasteiger partial charge in [-0.2, -0.15) is 17.5 Å². The molecule has 1 fully saturated rings. The molecule has 0 N–H and O–H groups in total. The van der Waals surface area contributed by atoms with Gasteiger partial charge >= 0.3 is 6.18 Å². The zero-order valence-electron chi connectivity index (χ0n) is 11.3. The van der Waals surface area contributed by atoms with E-state index in [1.807, 2.05) is 0 Å². The predicted molar refractivity (Wildman–Crippen MR) is 73.7 cm³/mol. The summed E-state index contributed by atoms with van der Waals surface area (Å²) in [5.41, 5.74) is 1.00. The summed E-state index contributed by atoms with van der Waals surface area (Å²) in [7, 11) is -4.18. The summed E-state index contributed by atoms with van der Waals surface area (Å²) in [6.45, 7) is 0.105. The molecule has 0 saturated heterocycles. The van der Waals surface area contributed by atoms with Crippen LogP contribution in [-0.2, 0) is 15.9 Å². The average Bonchev–Trinajstić information content (AvgIpc) is 3.19. The summed E-state index contributed by atoms with van der Waals surface area (Å²) in [6, 6.07) is 3.92. The Kier molecular flexibility index (Phi) is 4.56. The van der Waals surface area contributed by atoms with Crippen LogP contribution in [0.15, 0.2) is 23.1 Å². The second kappa shape index (κ2) is 5.78. The van der Waals surface area contributed by atoms with Crippen LogP contribution >= 0.6 is 11.6 Å². The van der Waals surface area contributed by atoms with Crippen molar-refractivity contribution in [2.45, 2.75) is 42.8 Å². The molecule has 21 heavy (non-hydrogen) atoms. The number of rotatable bonds is 5. The molecule has 0 heterocycles. The van der Waals surface area contributed by atoms with Crippen molar-refractivity contribution < 1.29 is 21.6 Å². The van der Waals surface area contributed by atoms with Crippen molar-refractivity contribution >= 4 is 21.6 Å². The van der Waals surface area contributed by atoms with Crippen molar-refractivity contribution in [1.29, 1.82) is 0 Å². The van der Waals surface area contributed by atoms with Gasteiger partial charge in [-0.25, -0.2) is 8.42 Å². The van der Waals surface area contributed by atoms with Gasteiger partial charge in [0.2, 0.25) is 10.0 Å². The molecule has 1 aliphatic carbocycles. The molecular weight excluding hydrogens is 327 g/mol. The fraction of sp³-hybridized carbons (Fsp3) is 0.538. The van der Waals surface area contributed by atoms with Crippen molar-refractivity contribution in [3.63, 3.8) is 0 Å². The molecule has 1 saturated carbocycles. The molecule has 0 atom stereocenters. The lowest BCUT2D eigenvalue weighted by molar-refractivity contribution is -0.137. The van der Waals surface area contributed by atoms with E-state index in [9.17, 15) is 21.6 Å². The van der Waals surface area contributed by atoms with Crippen molar-refractivity contribution in [2.75, 3.05) is 6.54 Å². The quantitative estimate of drug-likeness (QED) is 0.769. The van der Waals surface area contributed by atoms with E-state index in [0.29, 0.717) is 28.3 Å². The van der Waals surface area contributed by atoms with E-state index < -0.39 is 28.8 Å². The molecule has 2 rings (SSSR count). The lowest BCUT2D eigenvalue weighted by atomic mass is 10.1. The van der Waals surface area contributed by atoms with E-state index in [1.54, 1.807) is 13.0 Å². The highest BCUT2D eigenvalue weighted by molar-refractivity contribution is 7.89. The Bertz CT molecular complexity index is 627. The van der Waals surface area contributed by atoms with Crippen LogP contribution < -0.4 is 0 Å². The van der Waals surface area contributed by atoms with E-state index in [4.69, 9.17) is 11.6 Å². The molecule has 0 aromatic heterocycles. The summed E-state index contributed by atoms with van der Waals surface area (Å²) in [5, 5.41) is 0. The molecule has 0 unspecified atom stereocenters. The Labute approximate surface area is 126 Å². The fourth-order valence-electron chi connectivity index (χ4n) is 2.16. The van der Waals surface area contributed by atoms with Gasteiger partial charge in [0.1, 0.15) is 6.54 Å². The third kappa shape index (κ3) is 3.70. The molecule has 1 aliphatic rings. The number of hydrogen-bond acceptors (Lipinski definition) is 2. The molecule has 0 spiro atoms. The Morgan fingerprint density at radius 2 is 1.95 bits per heavy atom. The zero-order chi connectivity index (χ0) is 15.8. The minimum atomic E-state index is -4.56. The standard InChI is InChI=1S/C13H15ClF3NO2S/c1-9-10(7-14)3-2-4-12(9)21(19,20)18(11-5-6-11)8-13(15,16)17/h2-4,11H,5-8H2,1H3. The van der Waals surface area contributed by atoms with E-state index >= 15 is 0 Å². The molecule has 118 valence electrons. The average molecular weight is 342 g/mol. The van der Waals surface area contributed by atoms with Crippen molar-refractivity contribution in [3.05, 3.63) is 29.3 Å². The first-order chi connectivity index (χ1) is 9.66. The summed E-state index contributed by atoms with van der Waals surface area (Å²) in [4.78, 5) is -0.100. The largest absolute Gasteiger partial charge is 0.402 e. The third-order valence-corrected chi connectivity index (χ3v) is 5.75. The van der Waals surface area contributed by atoms with Crippen LogP contribution in [0.25, 0.3) is 0 Å². The summed E-state index contributed by atoms with van der Waals surface area (Å²) in [6.07, 6.45) is -3.64. The number of alkyl halides is 4. The molecule has 3 nitrogen and oxygen atoms in total. The minimum Gasteiger partial charge on any atom is -0.207 e. The summed E-state index contributed by atoms with van der Waals surface area (Å²) < 4.78 is 63.7. The predicted octanol–water partition coefficient (Wildman–Crippen LogP) is 3.45. The normalized spacial score (nSPS) is 16.5. The maximum atomic E-state index is 12.7. The maximum absolute atomic E-state index is 12.7. The number of halogens is 4. The molecule has 0 amide bonds. The highest BCUT2D eigenvalue weighted by Crippen LogP contribution is 2.36. The summed E-state index contributed by atoms with van der Waals surface area (Å²) >= 11 is 5.73. The van der Waals surface area contributed by atoms with Crippen LogP contribution in [0, 0.1) is 6.92 Å². The van der Waals surface area contributed by atoms with Gasteiger partial charge in [0.15, 0.2) is 0 Å². The Morgan fingerprint density at radius 3 is 2.43 bits per heavy atom. The van der Waals surface area contributed by atoms with Crippen LogP contribution in [0.3, 0.4) is 0 Å².